The predicted octanol–water partition coefficient (Wildman–Crippen LogP) is 4.42. The first-order chi connectivity index (χ1) is 7.39. The molecule has 0 spiro atoms. The van der Waals surface area contributed by atoms with Crippen molar-refractivity contribution in [3.8, 4) is 0 Å². The molecular weight excluding hydrogens is 184 g/mol. The molecule has 1 nitrogen and oxygen atoms in total. The number of allylic oxidation sites excluding steroid dienone is 2. The van der Waals surface area contributed by atoms with Gasteiger partial charge in [0, 0.05) is 12.8 Å². The molecule has 1 aliphatic carbocycles. The second-order valence-corrected chi connectivity index (χ2v) is 4.56. The minimum Gasteiger partial charge on any atom is -0.300 e. The molecule has 0 heterocycles. The maximum atomic E-state index is 11.4. The summed E-state index contributed by atoms with van der Waals surface area (Å²) in [6.07, 6.45) is 17.2. The molecule has 1 rings (SSSR count). The van der Waals surface area contributed by atoms with Crippen LogP contribution in [0.4, 0.5) is 0 Å². The Morgan fingerprint density at radius 2 is 1.13 bits per heavy atom. The molecule has 0 aromatic heterocycles. The van der Waals surface area contributed by atoms with Crippen LogP contribution >= 0.6 is 0 Å². The average molecular weight is 208 g/mol. The zero-order valence-corrected chi connectivity index (χ0v) is 9.84. The van der Waals surface area contributed by atoms with E-state index in [1.807, 2.05) is 0 Å². The van der Waals surface area contributed by atoms with E-state index >= 15 is 0 Å². The van der Waals surface area contributed by atoms with Crippen LogP contribution in [0.2, 0.25) is 0 Å². The fourth-order valence-corrected chi connectivity index (χ4v) is 2.06. The summed E-state index contributed by atoms with van der Waals surface area (Å²) < 4.78 is 0. The van der Waals surface area contributed by atoms with Crippen LogP contribution in [0.3, 0.4) is 0 Å². The molecular formula is C14H24O. The van der Waals surface area contributed by atoms with Crippen molar-refractivity contribution in [1.29, 1.82) is 0 Å². The average Bonchev–Trinajstić information content (AvgIpc) is 2.24. The van der Waals surface area contributed by atoms with Crippen molar-refractivity contribution in [2.45, 2.75) is 70.6 Å². The molecule has 0 unspecified atom stereocenters. The number of hydrogen-bond acceptors (Lipinski definition) is 1. The third-order valence-corrected chi connectivity index (χ3v) is 3.07. The predicted molar refractivity (Wildman–Crippen MR) is 64.9 cm³/mol. The van der Waals surface area contributed by atoms with E-state index in [0.29, 0.717) is 5.78 Å². The van der Waals surface area contributed by atoms with E-state index in [2.05, 4.69) is 12.2 Å². The molecule has 1 heteroatoms. The minimum atomic E-state index is 0.489. The lowest BCUT2D eigenvalue weighted by Crippen LogP contribution is -1.97. The minimum absolute atomic E-state index is 0.489. The molecule has 0 saturated heterocycles. The SMILES string of the molecule is O=C1CCCCC/C=C/CCCCCC1. The lowest BCUT2D eigenvalue weighted by molar-refractivity contribution is -0.119. The van der Waals surface area contributed by atoms with E-state index in [1.165, 1.54) is 44.9 Å². The highest BCUT2D eigenvalue weighted by Crippen LogP contribution is 2.11. The van der Waals surface area contributed by atoms with Gasteiger partial charge in [-0.15, -0.1) is 0 Å². The molecule has 1 aliphatic rings. The Morgan fingerprint density at radius 1 is 0.667 bits per heavy atom. The first-order valence-corrected chi connectivity index (χ1v) is 6.56. The summed E-state index contributed by atoms with van der Waals surface area (Å²) in [5.74, 6) is 0.489. The summed E-state index contributed by atoms with van der Waals surface area (Å²) in [6, 6.07) is 0. The van der Waals surface area contributed by atoms with Crippen molar-refractivity contribution in [3.05, 3.63) is 12.2 Å². The van der Waals surface area contributed by atoms with Gasteiger partial charge in [0.05, 0.1) is 0 Å². The van der Waals surface area contributed by atoms with E-state index in [-0.39, 0.29) is 0 Å². The van der Waals surface area contributed by atoms with Crippen molar-refractivity contribution in [2.24, 2.45) is 0 Å². The van der Waals surface area contributed by atoms with Crippen LogP contribution in [-0.4, -0.2) is 5.78 Å². The van der Waals surface area contributed by atoms with Gasteiger partial charge < -0.3 is 0 Å². The number of Topliss-reactive ketones (excluding diaryl/α,β-unsaturated/α-hetero) is 1. The summed E-state index contributed by atoms with van der Waals surface area (Å²) in [5.41, 5.74) is 0. The molecule has 0 bridgehead atoms. The normalized spacial score (nSPS) is 24.4. The number of carbonyl (C=O) groups excluding carboxylic acids is 1. The molecule has 0 amide bonds. The van der Waals surface area contributed by atoms with E-state index in [9.17, 15) is 4.79 Å². The second-order valence-electron chi connectivity index (χ2n) is 4.56. The van der Waals surface area contributed by atoms with Crippen molar-refractivity contribution in [3.63, 3.8) is 0 Å². The number of hydrogen-bond donors (Lipinski definition) is 0. The second kappa shape index (κ2) is 8.70. The maximum absolute atomic E-state index is 11.4. The van der Waals surface area contributed by atoms with Gasteiger partial charge in [-0.25, -0.2) is 0 Å². The summed E-state index contributed by atoms with van der Waals surface area (Å²) in [4.78, 5) is 11.4. The third kappa shape index (κ3) is 7.35. The molecule has 0 fully saturated rings. The summed E-state index contributed by atoms with van der Waals surface area (Å²) in [6.45, 7) is 0. The summed E-state index contributed by atoms with van der Waals surface area (Å²) in [7, 11) is 0. The van der Waals surface area contributed by atoms with E-state index < -0.39 is 0 Å². The van der Waals surface area contributed by atoms with Crippen molar-refractivity contribution in [2.75, 3.05) is 0 Å². The Hall–Kier alpha value is -0.590. The van der Waals surface area contributed by atoms with E-state index in [1.54, 1.807) is 0 Å². The van der Waals surface area contributed by atoms with Gasteiger partial charge in [0.25, 0.3) is 0 Å². The largest absolute Gasteiger partial charge is 0.300 e. The Balaban J connectivity index is 2.20. The van der Waals surface area contributed by atoms with Gasteiger partial charge in [0.1, 0.15) is 5.78 Å². The summed E-state index contributed by atoms with van der Waals surface area (Å²) >= 11 is 0. The van der Waals surface area contributed by atoms with Gasteiger partial charge >= 0.3 is 0 Å². The van der Waals surface area contributed by atoms with Crippen LogP contribution in [0, 0.1) is 0 Å². The van der Waals surface area contributed by atoms with Crippen LogP contribution in [-0.2, 0) is 4.79 Å². The van der Waals surface area contributed by atoms with Crippen molar-refractivity contribution in [1.82, 2.24) is 0 Å². The quantitative estimate of drug-likeness (QED) is 0.539. The molecule has 0 aromatic rings. The molecule has 0 N–H and O–H groups in total. The molecule has 0 aromatic carbocycles. The highest BCUT2D eigenvalue weighted by atomic mass is 16.1. The van der Waals surface area contributed by atoms with E-state index in [4.69, 9.17) is 0 Å². The fraction of sp³-hybridized carbons (Fsp3) is 0.786. The number of carbonyl (C=O) groups is 1. The molecule has 0 saturated carbocycles. The Bertz CT molecular complexity index is 194. The van der Waals surface area contributed by atoms with Crippen LogP contribution in [0.15, 0.2) is 12.2 Å². The lowest BCUT2D eigenvalue weighted by atomic mass is 10.0. The van der Waals surface area contributed by atoms with Crippen molar-refractivity contribution >= 4 is 5.78 Å². The number of rotatable bonds is 0. The zero-order valence-electron chi connectivity index (χ0n) is 9.84. The smallest absolute Gasteiger partial charge is 0.132 e. The van der Waals surface area contributed by atoms with Crippen LogP contribution in [0.25, 0.3) is 0 Å². The van der Waals surface area contributed by atoms with Crippen LogP contribution < -0.4 is 0 Å². The molecule has 0 radical (unpaired) electrons. The topological polar surface area (TPSA) is 17.1 Å². The van der Waals surface area contributed by atoms with E-state index in [0.717, 1.165) is 25.7 Å². The van der Waals surface area contributed by atoms with Crippen LogP contribution in [0.5, 0.6) is 0 Å². The Morgan fingerprint density at radius 3 is 1.73 bits per heavy atom. The maximum Gasteiger partial charge on any atom is 0.132 e. The van der Waals surface area contributed by atoms with Gasteiger partial charge in [0.2, 0.25) is 0 Å². The third-order valence-electron chi connectivity index (χ3n) is 3.07. The fourth-order valence-electron chi connectivity index (χ4n) is 2.06. The van der Waals surface area contributed by atoms with Crippen molar-refractivity contribution < 1.29 is 4.79 Å². The van der Waals surface area contributed by atoms with Crippen LogP contribution in [0.1, 0.15) is 70.6 Å². The van der Waals surface area contributed by atoms with Gasteiger partial charge in [-0.3, -0.25) is 4.79 Å². The monoisotopic (exact) mass is 208 g/mol. The lowest BCUT2D eigenvalue weighted by Gasteiger charge is -2.02. The Kier molecular flexibility index (Phi) is 7.24. The molecule has 0 aliphatic heterocycles. The van der Waals surface area contributed by atoms with Gasteiger partial charge in [-0.2, -0.15) is 0 Å². The highest BCUT2D eigenvalue weighted by Gasteiger charge is 2.01. The first kappa shape index (κ1) is 12.5. The van der Waals surface area contributed by atoms with Gasteiger partial charge in [0.15, 0.2) is 0 Å². The summed E-state index contributed by atoms with van der Waals surface area (Å²) in [5, 5.41) is 0. The van der Waals surface area contributed by atoms with Gasteiger partial charge in [-0.05, 0) is 38.5 Å². The Labute approximate surface area is 93.9 Å². The number of ketones is 1. The molecule has 15 heavy (non-hydrogen) atoms. The molecule has 0 atom stereocenters. The van der Waals surface area contributed by atoms with Gasteiger partial charge in [-0.1, -0.05) is 31.4 Å². The first-order valence-electron chi connectivity index (χ1n) is 6.56. The zero-order chi connectivity index (χ0) is 10.8. The standard InChI is InChI=1S/C14H24O/c15-14-12-10-8-6-4-2-1-3-5-7-9-11-13-14/h1-2H,3-13H2/b2-1+. The highest BCUT2D eigenvalue weighted by molar-refractivity contribution is 5.78. The molecule has 86 valence electrons.